The highest BCUT2D eigenvalue weighted by Crippen LogP contribution is 2.03. The highest BCUT2D eigenvalue weighted by Gasteiger charge is 1.99. The van der Waals surface area contributed by atoms with Crippen LogP contribution in [0.5, 0.6) is 0 Å². The van der Waals surface area contributed by atoms with Crippen molar-refractivity contribution < 1.29 is 4.79 Å². The summed E-state index contributed by atoms with van der Waals surface area (Å²) in [5.41, 5.74) is 11.6. The summed E-state index contributed by atoms with van der Waals surface area (Å²) >= 11 is 0. The van der Waals surface area contributed by atoms with E-state index in [2.05, 4.69) is 15.8 Å². The van der Waals surface area contributed by atoms with E-state index in [0.29, 0.717) is 0 Å². The molecule has 0 bridgehead atoms. The molecular weight excluding hydrogens is 156 g/mol. The van der Waals surface area contributed by atoms with Crippen LogP contribution in [0.15, 0.2) is 18.3 Å². The second kappa shape index (κ2) is 3.68. The molecule has 0 aliphatic carbocycles. The third-order valence-corrected chi connectivity index (χ3v) is 1.29. The fraction of sp³-hybridized carbons (Fsp3) is 0.143. The van der Waals surface area contributed by atoms with Gasteiger partial charge in [0.05, 0.1) is 11.9 Å². The molecule has 1 aromatic rings. The van der Waals surface area contributed by atoms with Gasteiger partial charge >= 0.3 is 0 Å². The molecule has 5 nitrogen and oxygen atoms in total. The van der Waals surface area contributed by atoms with Crippen molar-refractivity contribution in [3.63, 3.8) is 0 Å². The molecule has 0 saturated carbocycles. The van der Waals surface area contributed by atoms with Crippen LogP contribution < -0.4 is 16.6 Å². The lowest BCUT2D eigenvalue weighted by Crippen LogP contribution is -2.16. The summed E-state index contributed by atoms with van der Waals surface area (Å²) in [4.78, 5) is 14.4. The van der Waals surface area contributed by atoms with E-state index in [4.69, 9.17) is 5.73 Å². The summed E-state index contributed by atoms with van der Waals surface area (Å²) in [7, 11) is 1.74. The van der Waals surface area contributed by atoms with E-state index in [0.717, 1.165) is 5.69 Å². The molecule has 0 radical (unpaired) electrons. The lowest BCUT2D eigenvalue weighted by molar-refractivity contribution is 0.0995. The van der Waals surface area contributed by atoms with Crippen LogP contribution in [0.25, 0.3) is 0 Å². The van der Waals surface area contributed by atoms with Gasteiger partial charge in [0.1, 0.15) is 5.69 Å². The van der Waals surface area contributed by atoms with Crippen LogP contribution in [0.4, 0.5) is 5.69 Å². The molecule has 0 fully saturated rings. The van der Waals surface area contributed by atoms with Crippen molar-refractivity contribution in [3.8, 4) is 0 Å². The number of nitrogens with zero attached hydrogens (tertiary/aromatic N) is 1. The number of amides is 1. The maximum atomic E-state index is 10.6. The van der Waals surface area contributed by atoms with Gasteiger partial charge in [0.2, 0.25) is 0 Å². The number of primary amides is 1. The monoisotopic (exact) mass is 166 g/mol. The second-order valence-electron chi connectivity index (χ2n) is 2.17. The summed E-state index contributed by atoms with van der Waals surface area (Å²) in [6.07, 6.45) is 1.52. The van der Waals surface area contributed by atoms with Crippen LogP contribution in [0.1, 0.15) is 10.5 Å². The normalized spacial score (nSPS) is 9.42. The summed E-state index contributed by atoms with van der Waals surface area (Å²) in [5, 5.41) is 0. The number of carbonyl (C=O) groups excluding carboxylic acids is 1. The predicted molar refractivity (Wildman–Crippen MR) is 45.4 cm³/mol. The molecule has 64 valence electrons. The molecule has 0 aromatic carbocycles. The molecule has 0 atom stereocenters. The first-order chi connectivity index (χ1) is 5.74. The number of pyridine rings is 1. The van der Waals surface area contributed by atoms with E-state index in [1.165, 1.54) is 6.20 Å². The number of nitrogens with two attached hydrogens (primary N) is 1. The molecule has 1 rings (SSSR count). The number of carbonyl (C=O) groups is 1. The van der Waals surface area contributed by atoms with E-state index in [-0.39, 0.29) is 5.69 Å². The fourth-order valence-corrected chi connectivity index (χ4v) is 0.758. The number of aromatic nitrogens is 1. The number of anilines is 1. The first-order valence-corrected chi connectivity index (χ1v) is 3.42. The van der Waals surface area contributed by atoms with Gasteiger partial charge in [-0.05, 0) is 12.1 Å². The lowest BCUT2D eigenvalue weighted by atomic mass is 10.3. The van der Waals surface area contributed by atoms with Crippen LogP contribution in [0.3, 0.4) is 0 Å². The zero-order chi connectivity index (χ0) is 8.97. The molecule has 4 N–H and O–H groups in total. The molecule has 1 amide bonds. The van der Waals surface area contributed by atoms with Crippen molar-refractivity contribution in [1.82, 2.24) is 10.4 Å². The summed E-state index contributed by atoms with van der Waals surface area (Å²) in [5.74, 6) is -0.522. The molecule has 12 heavy (non-hydrogen) atoms. The third-order valence-electron chi connectivity index (χ3n) is 1.29. The van der Waals surface area contributed by atoms with Gasteiger partial charge in [-0.2, -0.15) is 0 Å². The van der Waals surface area contributed by atoms with Crippen molar-refractivity contribution in [2.75, 3.05) is 12.5 Å². The minimum Gasteiger partial charge on any atom is -0.364 e. The number of hydrogen-bond acceptors (Lipinski definition) is 4. The van der Waals surface area contributed by atoms with Crippen molar-refractivity contribution in [3.05, 3.63) is 24.0 Å². The molecule has 0 spiro atoms. The van der Waals surface area contributed by atoms with E-state index in [1.54, 1.807) is 19.2 Å². The number of hydrazine groups is 1. The lowest BCUT2D eigenvalue weighted by Gasteiger charge is -2.02. The van der Waals surface area contributed by atoms with Crippen LogP contribution in [-0.4, -0.2) is 17.9 Å². The Morgan fingerprint density at radius 2 is 2.33 bits per heavy atom. The Hall–Kier alpha value is -1.62. The Morgan fingerprint density at radius 1 is 1.58 bits per heavy atom. The predicted octanol–water partition coefficient (Wildman–Crippen LogP) is -0.273. The molecule has 5 heteroatoms. The average Bonchev–Trinajstić information content (AvgIpc) is 2.06. The van der Waals surface area contributed by atoms with Crippen molar-refractivity contribution >= 4 is 11.6 Å². The van der Waals surface area contributed by atoms with Crippen LogP contribution >= 0.6 is 0 Å². The quantitative estimate of drug-likeness (QED) is 0.540. The first kappa shape index (κ1) is 8.48. The van der Waals surface area contributed by atoms with Gasteiger partial charge in [-0.15, -0.1) is 0 Å². The second-order valence-corrected chi connectivity index (χ2v) is 2.17. The molecule has 0 aliphatic heterocycles. The molecule has 0 saturated heterocycles. The van der Waals surface area contributed by atoms with Crippen molar-refractivity contribution in [2.24, 2.45) is 5.73 Å². The topological polar surface area (TPSA) is 80.0 Å². The minimum absolute atomic E-state index is 0.261. The van der Waals surface area contributed by atoms with Gasteiger partial charge in [0.25, 0.3) is 5.91 Å². The molecule has 0 unspecified atom stereocenters. The summed E-state index contributed by atoms with van der Waals surface area (Å²) in [6, 6.07) is 3.27. The largest absolute Gasteiger partial charge is 0.364 e. The molecule has 1 heterocycles. The molecular formula is C7H10N4O. The van der Waals surface area contributed by atoms with Gasteiger partial charge in [0, 0.05) is 7.05 Å². The highest BCUT2D eigenvalue weighted by atomic mass is 16.1. The summed E-state index contributed by atoms with van der Waals surface area (Å²) in [6.45, 7) is 0. The third kappa shape index (κ3) is 1.93. The van der Waals surface area contributed by atoms with Gasteiger partial charge < -0.3 is 11.2 Å². The van der Waals surface area contributed by atoms with E-state index < -0.39 is 5.91 Å². The number of rotatable bonds is 3. The van der Waals surface area contributed by atoms with Gasteiger partial charge in [0.15, 0.2) is 0 Å². The standard InChI is InChI=1S/C7H10N4O/c1-9-11-5-2-3-6(7(8)12)10-4-5/h2-4,9,11H,1H3,(H2,8,12). The number of nitrogens with one attached hydrogen (secondary N) is 2. The smallest absolute Gasteiger partial charge is 0.267 e. The zero-order valence-electron chi connectivity index (χ0n) is 6.66. The molecule has 1 aromatic heterocycles. The van der Waals surface area contributed by atoms with E-state index in [9.17, 15) is 4.79 Å². The average molecular weight is 166 g/mol. The SMILES string of the molecule is CNNc1ccc(C(N)=O)nc1. The Morgan fingerprint density at radius 3 is 2.75 bits per heavy atom. The maximum absolute atomic E-state index is 10.6. The van der Waals surface area contributed by atoms with Gasteiger partial charge in [-0.25, -0.2) is 10.4 Å². The Kier molecular flexibility index (Phi) is 2.60. The Bertz CT molecular complexity index is 269. The minimum atomic E-state index is -0.522. The van der Waals surface area contributed by atoms with Crippen molar-refractivity contribution in [2.45, 2.75) is 0 Å². The first-order valence-electron chi connectivity index (χ1n) is 3.42. The van der Waals surface area contributed by atoms with Crippen LogP contribution in [0, 0.1) is 0 Å². The zero-order valence-corrected chi connectivity index (χ0v) is 6.66. The van der Waals surface area contributed by atoms with E-state index in [1.807, 2.05) is 0 Å². The summed E-state index contributed by atoms with van der Waals surface area (Å²) < 4.78 is 0. The van der Waals surface area contributed by atoms with Gasteiger partial charge in [-0.1, -0.05) is 0 Å². The Balaban J connectivity index is 2.78. The van der Waals surface area contributed by atoms with Gasteiger partial charge in [-0.3, -0.25) is 4.79 Å². The maximum Gasteiger partial charge on any atom is 0.267 e. The van der Waals surface area contributed by atoms with E-state index >= 15 is 0 Å². The van der Waals surface area contributed by atoms with Crippen molar-refractivity contribution in [1.29, 1.82) is 0 Å². The van der Waals surface area contributed by atoms with Crippen LogP contribution in [-0.2, 0) is 0 Å². The number of hydrogen-bond donors (Lipinski definition) is 3. The fourth-order valence-electron chi connectivity index (χ4n) is 0.758. The van der Waals surface area contributed by atoms with Crippen LogP contribution in [0.2, 0.25) is 0 Å². The molecule has 0 aliphatic rings. The highest BCUT2D eigenvalue weighted by molar-refractivity contribution is 5.90. The Labute approximate surface area is 70.0 Å².